The lowest BCUT2D eigenvalue weighted by molar-refractivity contribution is 0.192. The standard InChI is InChI=1S/C14H23ClN4O2/c1-10(20)7-16-5-6-17-13-12(15)8-18-19(14(13)21)9-11-3-2-4-11/h8,10-11,16-17,20H,2-7,9H2,1H3. The van der Waals surface area contributed by atoms with E-state index < -0.39 is 0 Å². The number of hydrogen-bond acceptors (Lipinski definition) is 5. The van der Waals surface area contributed by atoms with Crippen LogP contribution >= 0.6 is 11.6 Å². The zero-order valence-electron chi connectivity index (χ0n) is 12.3. The van der Waals surface area contributed by atoms with Crippen LogP contribution in [0.1, 0.15) is 26.2 Å². The highest BCUT2D eigenvalue weighted by molar-refractivity contribution is 6.32. The first-order chi connectivity index (χ1) is 10.1. The number of aliphatic hydroxyl groups excluding tert-OH is 1. The Kier molecular flexibility index (Phi) is 6.02. The number of rotatable bonds is 8. The summed E-state index contributed by atoms with van der Waals surface area (Å²) in [5, 5.41) is 19.7. The van der Waals surface area contributed by atoms with Crippen LogP contribution in [0.15, 0.2) is 11.0 Å². The van der Waals surface area contributed by atoms with E-state index >= 15 is 0 Å². The van der Waals surface area contributed by atoms with E-state index in [0.29, 0.717) is 42.8 Å². The van der Waals surface area contributed by atoms with E-state index in [1.807, 2.05) is 0 Å². The van der Waals surface area contributed by atoms with Crippen molar-refractivity contribution in [2.45, 2.75) is 38.8 Å². The Bertz CT molecular complexity index is 514. The highest BCUT2D eigenvalue weighted by atomic mass is 35.5. The van der Waals surface area contributed by atoms with Crippen LogP contribution in [0.5, 0.6) is 0 Å². The first-order valence-electron chi connectivity index (χ1n) is 7.46. The van der Waals surface area contributed by atoms with Crippen molar-refractivity contribution < 1.29 is 5.11 Å². The van der Waals surface area contributed by atoms with Gasteiger partial charge in [0, 0.05) is 26.2 Å². The van der Waals surface area contributed by atoms with Gasteiger partial charge in [0.25, 0.3) is 5.56 Å². The van der Waals surface area contributed by atoms with Gasteiger partial charge in [0.2, 0.25) is 0 Å². The second kappa shape index (κ2) is 7.77. The zero-order valence-corrected chi connectivity index (χ0v) is 13.1. The fourth-order valence-electron chi connectivity index (χ4n) is 2.27. The van der Waals surface area contributed by atoms with Crippen molar-refractivity contribution in [2.75, 3.05) is 25.0 Å². The molecule has 2 rings (SSSR count). The minimum Gasteiger partial charge on any atom is -0.392 e. The molecule has 1 atom stereocenters. The molecular weight excluding hydrogens is 292 g/mol. The van der Waals surface area contributed by atoms with Crippen LogP contribution in [-0.2, 0) is 6.54 Å². The van der Waals surface area contributed by atoms with Gasteiger partial charge in [0.05, 0.1) is 17.3 Å². The predicted molar refractivity (Wildman–Crippen MR) is 83.9 cm³/mol. The van der Waals surface area contributed by atoms with Crippen molar-refractivity contribution in [2.24, 2.45) is 5.92 Å². The Balaban J connectivity index is 1.91. The summed E-state index contributed by atoms with van der Waals surface area (Å²) >= 11 is 6.05. The lowest BCUT2D eigenvalue weighted by Gasteiger charge is -2.25. The van der Waals surface area contributed by atoms with Crippen LogP contribution in [0.25, 0.3) is 0 Å². The summed E-state index contributed by atoms with van der Waals surface area (Å²) in [6, 6.07) is 0. The molecule has 1 aromatic heterocycles. The van der Waals surface area contributed by atoms with Crippen molar-refractivity contribution >= 4 is 17.3 Å². The maximum Gasteiger partial charge on any atom is 0.291 e. The first kappa shape index (κ1) is 16.3. The molecule has 118 valence electrons. The zero-order chi connectivity index (χ0) is 15.2. The fraction of sp³-hybridized carbons (Fsp3) is 0.714. The van der Waals surface area contributed by atoms with Gasteiger partial charge in [-0.25, -0.2) is 4.68 Å². The topological polar surface area (TPSA) is 79.2 Å². The van der Waals surface area contributed by atoms with Gasteiger partial charge >= 0.3 is 0 Å². The molecule has 1 aliphatic rings. The van der Waals surface area contributed by atoms with Gasteiger partial charge in [-0.2, -0.15) is 5.10 Å². The van der Waals surface area contributed by atoms with Gasteiger partial charge < -0.3 is 15.7 Å². The van der Waals surface area contributed by atoms with Crippen molar-refractivity contribution in [3.05, 3.63) is 21.6 Å². The summed E-state index contributed by atoms with van der Waals surface area (Å²) in [4.78, 5) is 12.3. The molecule has 0 radical (unpaired) electrons. The molecule has 0 bridgehead atoms. The molecular formula is C14H23ClN4O2. The molecule has 1 heterocycles. The molecule has 6 nitrogen and oxygen atoms in total. The van der Waals surface area contributed by atoms with Gasteiger partial charge in [0.1, 0.15) is 5.69 Å². The third kappa shape index (κ3) is 4.69. The second-order valence-corrected chi connectivity index (χ2v) is 6.04. The molecule has 1 aliphatic carbocycles. The van der Waals surface area contributed by atoms with E-state index in [2.05, 4.69) is 15.7 Å². The van der Waals surface area contributed by atoms with Gasteiger partial charge in [-0.3, -0.25) is 4.79 Å². The molecule has 0 saturated heterocycles. The molecule has 21 heavy (non-hydrogen) atoms. The number of hydrogen-bond donors (Lipinski definition) is 3. The smallest absolute Gasteiger partial charge is 0.291 e. The summed E-state index contributed by atoms with van der Waals surface area (Å²) in [5.74, 6) is 0.567. The first-order valence-corrected chi connectivity index (χ1v) is 7.84. The molecule has 0 spiro atoms. The normalized spacial score (nSPS) is 16.5. The lowest BCUT2D eigenvalue weighted by Crippen LogP contribution is -2.33. The Hall–Kier alpha value is -1.11. The molecule has 3 N–H and O–H groups in total. The Morgan fingerprint density at radius 1 is 1.52 bits per heavy atom. The number of anilines is 1. The average Bonchev–Trinajstić information content (AvgIpc) is 2.38. The van der Waals surface area contributed by atoms with Crippen LogP contribution in [0, 0.1) is 5.92 Å². The molecule has 1 aromatic rings. The van der Waals surface area contributed by atoms with E-state index in [-0.39, 0.29) is 11.7 Å². The predicted octanol–water partition coefficient (Wildman–Crippen LogP) is 1.08. The summed E-state index contributed by atoms with van der Waals surface area (Å²) in [6.45, 7) is 4.13. The molecule has 0 aromatic carbocycles. The molecule has 1 saturated carbocycles. The van der Waals surface area contributed by atoms with Crippen LogP contribution in [0.4, 0.5) is 5.69 Å². The van der Waals surface area contributed by atoms with E-state index in [0.717, 1.165) is 0 Å². The monoisotopic (exact) mass is 314 g/mol. The van der Waals surface area contributed by atoms with Crippen LogP contribution in [-0.4, -0.2) is 40.6 Å². The third-order valence-electron chi connectivity index (χ3n) is 3.70. The van der Waals surface area contributed by atoms with Crippen molar-refractivity contribution in [1.29, 1.82) is 0 Å². The number of halogens is 1. The fourth-order valence-corrected chi connectivity index (χ4v) is 2.46. The summed E-state index contributed by atoms with van der Waals surface area (Å²) in [5.41, 5.74) is 0.245. The second-order valence-electron chi connectivity index (χ2n) is 5.63. The molecule has 0 amide bonds. The highest BCUT2D eigenvalue weighted by Gasteiger charge is 2.20. The van der Waals surface area contributed by atoms with Gasteiger partial charge in [-0.1, -0.05) is 18.0 Å². The Labute approximate surface area is 129 Å². The highest BCUT2D eigenvalue weighted by Crippen LogP contribution is 2.27. The summed E-state index contributed by atoms with van der Waals surface area (Å²) in [6.07, 6.45) is 4.72. The maximum absolute atomic E-state index is 12.3. The quantitative estimate of drug-likeness (QED) is 0.626. The SMILES string of the molecule is CC(O)CNCCNc1c(Cl)cnn(CC2CCC2)c1=O. The van der Waals surface area contributed by atoms with E-state index in [9.17, 15) is 4.79 Å². The largest absolute Gasteiger partial charge is 0.392 e. The van der Waals surface area contributed by atoms with Crippen LogP contribution < -0.4 is 16.2 Å². The molecule has 1 fully saturated rings. The third-order valence-corrected chi connectivity index (χ3v) is 3.98. The van der Waals surface area contributed by atoms with Crippen LogP contribution in [0.3, 0.4) is 0 Å². The van der Waals surface area contributed by atoms with Gasteiger partial charge in [-0.15, -0.1) is 0 Å². The number of nitrogens with one attached hydrogen (secondary N) is 2. The number of aliphatic hydroxyl groups is 1. The van der Waals surface area contributed by atoms with Crippen molar-refractivity contribution in [1.82, 2.24) is 15.1 Å². The number of aromatic nitrogens is 2. The van der Waals surface area contributed by atoms with Gasteiger partial charge in [-0.05, 0) is 25.7 Å². The molecule has 1 unspecified atom stereocenters. The number of nitrogens with zero attached hydrogens (tertiary/aromatic N) is 2. The minimum atomic E-state index is -0.380. The Morgan fingerprint density at radius 2 is 2.29 bits per heavy atom. The van der Waals surface area contributed by atoms with Crippen molar-refractivity contribution in [3.63, 3.8) is 0 Å². The van der Waals surface area contributed by atoms with E-state index in [1.165, 1.54) is 30.1 Å². The molecule has 0 aliphatic heterocycles. The van der Waals surface area contributed by atoms with E-state index in [4.69, 9.17) is 16.7 Å². The Morgan fingerprint density at radius 3 is 2.90 bits per heavy atom. The minimum absolute atomic E-state index is 0.162. The lowest BCUT2D eigenvalue weighted by atomic mass is 9.85. The average molecular weight is 315 g/mol. The summed E-state index contributed by atoms with van der Waals surface area (Å²) in [7, 11) is 0. The van der Waals surface area contributed by atoms with E-state index in [1.54, 1.807) is 6.92 Å². The van der Waals surface area contributed by atoms with Gasteiger partial charge in [0.15, 0.2) is 0 Å². The molecule has 7 heteroatoms. The summed E-state index contributed by atoms with van der Waals surface area (Å²) < 4.78 is 1.50. The van der Waals surface area contributed by atoms with Crippen molar-refractivity contribution in [3.8, 4) is 0 Å². The van der Waals surface area contributed by atoms with Crippen LogP contribution in [0.2, 0.25) is 5.02 Å². The maximum atomic E-state index is 12.3.